The minimum atomic E-state index is 0.0161. The van der Waals surface area contributed by atoms with Gasteiger partial charge in [-0.2, -0.15) is 0 Å². The largest absolute Gasteiger partial charge is 0.493 e. The van der Waals surface area contributed by atoms with E-state index in [1.165, 1.54) is 0 Å². The molecule has 4 heteroatoms. The van der Waals surface area contributed by atoms with Crippen molar-refractivity contribution in [3.05, 3.63) is 36.0 Å². The Bertz CT molecular complexity index is 616. The molecule has 0 saturated heterocycles. The number of allylic oxidation sites excluding steroid dienone is 1. The third-order valence-corrected chi connectivity index (χ3v) is 4.10. The van der Waals surface area contributed by atoms with E-state index >= 15 is 0 Å². The highest BCUT2D eigenvalue weighted by Gasteiger charge is 2.13. The van der Waals surface area contributed by atoms with Crippen LogP contribution in [-0.2, 0) is 4.79 Å². The van der Waals surface area contributed by atoms with Crippen LogP contribution in [-0.4, -0.2) is 36.2 Å². The van der Waals surface area contributed by atoms with Gasteiger partial charge in [0.25, 0.3) is 5.91 Å². The summed E-state index contributed by atoms with van der Waals surface area (Å²) in [6, 6.07) is 7.99. The van der Waals surface area contributed by atoms with Gasteiger partial charge in [-0.25, -0.2) is 0 Å². The van der Waals surface area contributed by atoms with E-state index in [9.17, 15) is 4.79 Å². The van der Waals surface area contributed by atoms with Crippen molar-refractivity contribution in [2.45, 2.75) is 54.4 Å². The van der Waals surface area contributed by atoms with Crippen LogP contribution in [0, 0.1) is 5.92 Å². The maximum absolute atomic E-state index is 12.5. The highest BCUT2D eigenvalue weighted by atomic mass is 16.5. The van der Waals surface area contributed by atoms with Crippen molar-refractivity contribution in [1.29, 1.82) is 0 Å². The number of nitrogens with zero attached hydrogens (tertiary/aromatic N) is 2. The van der Waals surface area contributed by atoms with E-state index < -0.39 is 0 Å². The fourth-order valence-electron chi connectivity index (χ4n) is 2.38. The van der Waals surface area contributed by atoms with Crippen LogP contribution in [0.15, 0.2) is 35.5 Å². The van der Waals surface area contributed by atoms with Crippen molar-refractivity contribution in [1.82, 2.24) is 4.90 Å². The van der Waals surface area contributed by atoms with Crippen LogP contribution >= 0.6 is 0 Å². The van der Waals surface area contributed by atoms with Crippen molar-refractivity contribution in [3.8, 4) is 5.75 Å². The second kappa shape index (κ2) is 11.5. The van der Waals surface area contributed by atoms with Gasteiger partial charge in [-0.05, 0) is 56.4 Å². The SMILES string of the molecule is CCCCN(CC)C(=O)C(C)=N/C=C(\C)c1ccc(OCC(C)C)cc1. The molecule has 1 aromatic rings. The number of carbonyl (C=O) groups is 1. The first-order valence-corrected chi connectivity index (χ1v) is 9.62. The van der Waals surface area contributed by atoms with Gasteiger partial charge >= 0.3 is 0 Å². The minimum absolute atomic E-state index is 0.0161. The summed E-state index contributed by atoms with van der Waals surface area (Å²) in [5, 5.41) is 0. The van der Waals surface area contributed by atoms with Crippen LogP contribution in [0.5, 0.6) is 5.75 Å². The maximum atomic E-state index is 12.5. The zero-order chi connectivity index (χ0) is 19.5. The molecular formula is C22H34N2O2. The Morgan fingerprint density at radius 3 is 2.38 bits per heavy atom. The number of benzene rings is 1. The average molecular weight is 359 g/mol. The second-order valence-electron chi connectivity index (χ2n) is 6.99. The first-order chi connectivity index (χ1) is 12.4. The van der Waals surface area contributed by atoms with Gasteiger partial charge in [-0.3, -0.25) is 9.79 Å². The number of unbranched alkanes of at least 4 members (excludes halogenated alkanes) is 1. The molecule has 1 amide bonds. The van der Waals surface area contributed by atoms with Crippen LogP contribution in [0.25, 0.3) is 5.57 Å². The number of carbonyl (C=O) groups excluding carboxylic acids is 1. The molecule has 0 unspecified atom stereocenters. The molecule has 0 bridgehead atoms. The van der Waals surface area contributed by atoms with Gasteiger partial charge < -0.3 is 9.64 Å². The summed E-state index contributed by atoms with van der Waals surface area (Å²) in [5.74, 6) is 1.40. The molecule has 0 aliphatic rings. The Hall–Kier alpha value is -2.10. The minimum Gasteiger partial charge on any atom is -0.493 e. The molecule has 4 nitrogen and oxygen atoms in total. The van der Waals surface area contributed by atoms with Gasteiger partial charge in [0.2, 0.25) is 0 Å². The van der Waals surface area contributed by atoms with E-state index in [4.69, 9.17) is 4.74 Å². The number of aliphatic imine (C=N–C) groups is 1. The Morgan fingerprint density at radius 1 is 1.19 bits per heavy atom. The standard InChI is InChI=1S/C22H34N2O2/c1-7-9-14-24(8-2)22(25)19(6)23-15-18(5)20-10-12-21(13-11-20)26-16-17(3)4/h10-13,15,17H,7-9,14,16H2,1-6H3/b18-15+,23-19?. The summed E-state index contributed by atoms with van der Waals surface area (Å²) in [6.07, 6.45) is 3.87. The lowest BCUT2D eigenvalue weighted by Gasteiger charge is -2.20. The smallest absolute Gasteiger partial charge is 0.267 e. The van der Waals surface area contributed by atoms with Gasteiger partial charge in [0, 0.05) is 19.3 Å². The molecule has 0 saturated carbocycles. The van der Waals surface area contributed by atoms with Crippen LogP contribution in [0.2, 0.25) is 0 Å². The second-order valence-corrected chi connectivity index (χ2v) is 6.99. The van der Waals surface area contributed by atoms with Crippen LogP contribution in [0.1, 0.15) is 59.9 Å². The molecule has 144 valence electrons. The van der Waals surface area contributed by atoms with Gasteiger partial charge in [0.1, 0.15) is 11.5 Å². The fraction of sp³-hybridized carbons (Fsp3) is 0.545. The number of amides is 1. The highest BCUT2D eigenvalue weighted by molar-refractivity contribution is 6.38. The predicted molar refractivity (Wildman–Crippen MR) is 111 cm³/mol. The molecule has 0 heterocycles. The third kappa shape index (κ3) is 7.42. The number of hydrogen-bond donors (Lipinski definition) is 0. The maximum Gasteiger partial charge on any atom is 0.267 e. The molecule has 0 N–H and O–H groups in total. The van der Waals surface area contributed by atoms with E-state index in [1.807, 2.05) is 43.0 Å². The van der Waals surface area contributed by atoms with Crippen LogP contribution in [0.4, 0.5) is 0 Å². The van der Waals surface area contributed by atoms with E-state index in [1.54, 1.807) is 13.1 Å². The first-order valence-electron chi connectivity index (χ1n) is 9.62. The van der Waals surface area contributed by atoms with Crippen molar-refractivity contribution >= 4 is 17.2 Å². The molecule has 0 atom stereocenters. The molecule has 0 aliphatic heterocycles. The summed E-state index contributed by atoms with van der Waals surface area (Å²) >= 11 is 0. The molecule has 1 aromatic carbocycles. The quantitative estimate of drug-likeness (QED) is 0.540. The lowest BCUT2D eigenvalue weighted by molar-refractivity contribution is -0.124. The Kier molecular flexibility index (Phi) is 9.71. The summed E-state index contributed by atoms with van der Waals surface area (Å²) < 4.78 is 5.71. The van der Waals surface area contributed by atoms with Crippen molar-refractivity contribution in [2.75, 3.05) is 19.7 Å². The van der Waals surface area contributed by atoms with Crippen molar-refractivity contribution in [2.24, 2.45) is 10.9 Å². The molecule has 0 radical (unpaired) electrons. The Labute approximate surface area is 159 Å². The number of ether oxygens (including phenoxy) is 1. The topological polar surface area (TPSA) is 41.9 Å². The molecule has 0 aliphatic carbocycles. The predicted octanol–water partition coefficient (Wildman–Crippen LogP) is 5.19. The van der Waals surface area contributed by atoms with Gasteiger partial charge in [0.15, 0.2) is 0 Å². The van der Waals surface area contributed by atoms with Crippen molar-refractivity contribution in [3.63, 3.8) is 0 Å². The molecule has 0 spiro atoms. The molecule has 26 heavy (non-hydrogen) atoms. The number of hydrogen-bond acceptors (Lipinski definition) is 3. The van der Waals surface area contributed by atoms with Crippen LogP contribution in [0.3, 0.4) is 0 Å². The lowest BCUT2D eigenvalue weighted by Crippen LogP contribution is -2.36. The Morgan fingerprint density at radius 2 is 1.85 bits per heavy atom. The molecule has 0 aromatic heterocycles. The van der Waals surface area contributed by atoms with Crippen LogP contribution < -0.4 is 4.74 Å². The Balaban J connectivity index is 2.75. The number of rotatable bonds is 10. The zero-order valence-corrected chi connectivity index (χ0v) is 17.2. The lowest BCUT2D eigenvalue weighted by atomic mass is 10.1. The first kappa shape index (κ1) is 21.9. The summed E-state index contributed by atoms with van der Waals surface area (Å²) in [6.45, 7) is 14.4. The van der Waals surface area contributed by atoms with Crippen molar-refractivity contribution < 1.29 is 9.53 Å². The summed E-state index contributed by atoms with van der Waals surface area (Å²) in [4.78, 5) is 18.7. The van der Waals surface area contributed by atoms with Gasteiger partial charge in [0.05, 0.1) is 6.61 Å². The zero-order valence-electron chi connectivity index (χ0n) is 17.2. The molecule has 0 fully saturated rings. The molecule has 1 rings (SSSR count). The highest BCUT2D eigenvalue weighted by Crippen LogP contribution is 2.19. The van der Waals surface area contributed by atoms with E-state index in [0.29, 0.717) is 24.8 Å². The van der Waals surface area contributed by atoms with E-state index in [0.717, 1.165) is 36.3 Å². The molecular weight excluding hydrogens is 324 g/mol. The third-order valence-electron chi connectivity index (χ3n) is 4.10. The van der Waals surface area contributed by atoms with Gasteiger partial charge in [-0.15, -0.1) is 0 Å². The summed E-state index contributed by atoms with van der Waals surface area (Å²) in [7, 11) is 0. The average Bonchev–Trinajstić information content (AvgIpc) is 2.64. The van der Waals surface area contributed by atoms with E-state index in [2.05, 4.69) is 25.8 Å². The van der Waals surface area contributed by atoms with E-state index in [-0.39, 0.29) is 5.91 Å². The van der Waals surface area contributed by atoms with Gasteiger partial charge in [-0.1, -0.05) is 39.3 Å². The fourth-order valence-corrected chi connectivity index (χ4v) is 2.38. The summed E-state index contributed by atoms with van der Waals surface area (Å²) in [5.41, 5.74) is 2.62. The monoisotopic (exact) mass is 358 g/mol. The normalized spacial score (nSPS) is 12.4.